The van der Waals surface area contributed by atoms with Crippen molar-refractivity contribution in [1.82, 2.24) is 0 Å². The van der Waals surface area contributed by atoms with E-state index in [2.05, 4.69) is 0 Å². The largest absolute Gasteiger partial charge is 0.469 e. The maximum Gasteiger partial charge on any atom is 0.311 e. The molecule has 0 aliphatic heterocycles. The van der Waals surface area contributed by atoms with Crippen molar-refractivity contribution in [2.24, 2.45) is 22.7 Å². The molecule has 2 unspecified atom stereocenters. The van der Waals surface area contributed by atoms with Gasteiger partial charge in [-0.3, -0.25) is 19.2 Å². The van der Waals surface area contributed by atoms with Crippen molar-refractivity contribution in [3.63, 3.8) is 0 Å². The van der Waals surface area contributed by atoms with Crippen LogP contribution in [0.5, 0.6) is 0 Å². The lowest BCUT2D eigenvalue weighted by Gasteiger charge is -2.24. The van der Waals surface area contributed by atoms with Crippen LogP contribution in [-0.4, -0.2) is 51.3 Å². The number of methoxy groups -OCH3 is 2. The van der Waals surface area contributed by atoms with Crippen LogP contribution >= 0.6 is 0 Å². The fraction of sp³-hybridized carbons (Fsp3) is 0.727. The molecule has 0 aromatic heterocycles. The van der Waals surface area contributed by atoms with Crippen LogP contribution in [0.25, 0.3) is 0 Å². The van der Waals surface area contributed by atoms with Gasteiger partial charge in [0.15, 0.2) is 0 Å². The minimum Gasteiger partial charge on any atom is -0.469 e. The Hall–Kier alpha value is -2.38. The number of ether oxygens (including phenoxy) is 4. The summed E-state index contributed by atoms with van der Waals surface area (Å²) in [6.45, 7) is 10.3. The van der Waals surface area contributed by atoms with Gasteiger partial charge in [0.2, 0.25) is 0 Å². The molecule has 0 bridgehead atoms. The van der Waals surface area contributed by atoms with Crippen LogP contribution in [0.15, 0.2) is 12.2 Å². The van der Waals surface area contributed by atoms with Crippen molar-refractivity contribution in [2.75, 3.05) is 27.4 Å². The summed E-state index contributed by atoms with van der Waals surface area (Å²) in [5.74, 6) is -2.55. The SMILES string of the molecule is COC(=O)C(C)(C)CC(C)C(=O)OC/C=C/COC(=O)C(C)CC(C)(C)C(=O)OC. The van der Waals surface area contributed by atoms with Crippen LogP contribution in [0.1, 0.15) is 54.4 Å². The number of hydrogen-bond donors (Lipinski definition) is 0. The zero-order chi connectivity index (χ0) is 23.5. The van der Waals surface area contributed by atoms with Crippen LogP contribution in [0.4, 0.5) is 0 Å². The zero-order valence-electron chi connectivity index (χ0n) is 19.4. The Labute approximate surface area is 179 Å². The lowest BCUT2D eigenvalue weighted by molar-refractivity contribution is -0.156. The molecule has 0 fully saturated rings. The third-order valence-corrected chi connectivity index (χ3v) is 4.72. The van der Waals surface area contributed by atoms with Gasteiger partial charge < -0.3 is 18.9 Å². The third kappa shape index (κ3) is 9.41. The average molecular weight is 429 g/mol. The van der Waals surface area contributed by atoms with Gasteiger partial charge in [0.05, 0.1) is 36.9 Å². The normalized spacial score (nSPS) is 14.0. The van der Waals surface area contributed by atoms with E-state index >= 15 is 0 Å². The minimum absolute atomic E-state index is 0.0320. The number of carbonyl (C=O) groups is 4. The molecular weight excluding hydrogens is 392 g/mol. The molecule has 2 atom stereocenters. The predicted octanol–water partition coefficient (Wildman–Crippen LogP) is 3.08. The van der Waals surface area contributed by atoms with Crippen molar-refractivity contribution >= 4 is 23.9 Å². The number of rotatable bonds is 12. The highest BCUT2D eigenvalue weighted by Gasteiger charge is 2.34. The Morgan fingerprint density at radius 3 is 1.27 bits per heavy atom. The maximum absolute atomic E-state index is 12.0. The molecule has 0 saturated carbocycles. The molecule has 0 amide bonds. The molecule has 172 valence electrons. The van der Waals surface area contributed by atoms with Gasteiger partial charge >= 0.3 is 23.9 Å². The highest BCUT2D eigenvalue weighted by Crippen LogP contribution is 2.28. The Morgan fingerprint density at radius 1 is 0.700 bits per heavy atom. The first-order valence-electron chi connectivity index (χ1n) is 9.93. The van der Waals surface area contributed by atoms with E-state index in [1.54, 1.807) is 53.7 Å². The molecular formula is C22H36O8. The predicted molar refractivity (Wildman–Crippen MR) is 110 cm³/mol. The van der Waals surface area contributed by atoms with Gasteiger partial charge in [0, 0.05) is 0 Å². The number of esters is 4. The van der Waals surface area contributed by atoms with Crippen LogP contribution < -0.4 is 0 Å². The average Bonchev–Trinajstić information content (AvgIpc) is 2.67. The molecule has 0 aliphatic rings. The van der Waals surface area contributed by atoms with Crippen molar-refractivity contribution in [1.29, 1.82) is 0 Å². The molecule has 8 nitrogen and oxygen atoms in total. The van der Waals surface area contributed by atoms with Crippen LogP contribution in [0, 0.1) is 22.7 Å². The van der Waals surface area contributed by atoms with Crippen molar-refractivity contribution < 1.29 is 38.1 Å². The van der Waals surface area contributed by atoms with Gasteiger partial charge in [0.25, 0.3) is 0 Å². The lowest BCUT2D eigenvalue weighted by atomic mass is 9.83. The summed E-state index contributed by atoms with van der Waals surface area (Å²) in [6, 6.07) is 0. The highest BCUT2D eigenvalue weighted by molar-refractivity contribution is 5.78. The molecule has 0 radical (unpaired) electrons. The smallest absolute Gasteiger partial charge is 0.311 e. The first kappa shape index (κ1) is 27.6. The van der Waals surface area contributed by atoms with Crippen molar-refractivity contribution in [3.8, 4) is 0 Å². The molecule has 0 N–H and O–H groups in total. The zero-order valence-corrected chi connectivity index (χ0v) is 19.4. The van der Waals surface area contributed by atoms with Gasteiger partial charge in [-0.25, -0.2) is 0 Å². The second-order valence-electron chi connectivity index (χ2n) is 8.69. The molecule has 0 rings (SSSR count). The quantitative estimate of drug-likeness (QED) is 0.265. The third-order valence-electron chi connectivity index (χ3n) is 4.72. The van der Waals surface area contributed by atoms with Gasteiger partial charge in [-0.05, 0) is 52.7 Å². The van der Waals surface area contributed by atoms with Crippen molar-refractivity contribution in [2.45, 2.75) is 54.4 Å². The van der Waals surface area contributed by atoms with Gasteiger partial charge in [-0.15, -0.1) is 0 Å². The van der Waals surface area contributed by atoms with E-state index in [0.29, 0.717) is 12.8 Å². The van der Waals surface area contributed by atoms with Crippen molar-refractivity contribution in [3.05, 3.63) is 12.2 Å². The topological polar surface area (TPSA) is 105 Å². The van der Waals surface area contributed by atoms with Crippen LogP contribution in [-0.2, 0) is 38.1 Å². The number of carbonyl (C=O) groups excluding carboxylic acids is 4. The fourth-order valence-electron chi connectivity index (χ4n) is 3.10. The second kappa shape index (κ2) is 12.3. The van der Waals surface area contributed by atoms with Gasteiger partial charge in [0.1, 0.15) is 13.2 Å². The molecule has 0 aromatic rings. The Bertz CT molecular complexity index is 579. The van der Waals surface area contributed by atoms with E-state index in [0.717, 1.165) is 0 Å². The molecule has 0 saturated heterocycles. The van der Waals surface area contributed by atoms with Gasteiger partial charge in [-0.1, -0.05) is 13.8 Å². The van der Waals surface area contributed by atoms with E-state index in [1.807, 2.05) is 0 Å². The summed E-state index contributed by atoms with van der Waals surface area (Å²) < 4.78 is 19.8. The Balaban J connectivity index is 4.30. The Morgan fingerprint density at radius 2 is 1.00 bits per heavy atom. The first-order chi connectivity index (χ1) is 13.8. The summed E-state index contributed by atoms with van der Waals surface area (Å²) in [5, 5.41) is 0. The van der Waals surface area contributed by atoms with E-state index in [1.165, 1.54) is 14.2 Å². The summed E-state index contributed by atoms with van der Waals surface area (Å²) in [7, 11) is 2.62. The Kier molecular flexibility index (Phi) is 11.4. The van der Waals surface area contributed by atoms with Gasteiger partial charge in [-0.2, -0.15) is 0 Å². The van der Waals surface area contributed by atoms with E-state index < -0.39 is 34.6 Å². The van der Waals surface area contributed by atoms with E-state index in [4.69, 9.17) is 18.9 Å². The van der Waals surface area contributed by atoms with E-state index in [9.17, 15) is 19.2 Å². The van der Waals surface area contributed by atoms with E-state index in [-0.39, 0.29) is 25.2 Å². The standard InChI is InChI=1S/C22H36O8/c1-15(13-21(3,4)19(25)27-7)17(23)29-11-9-10-12-30-18(24)16(2)14-22(5,6)20(26)28-8/h9-10,15-16H,11-14H2,1-8H3/b10-9+. The molecule has 8 heteroatoms. The first-order valence-corrected chi connectivity index (χ1v) is 9.93. The van der Waals surface area contributed by atoms with Crippen LogP contribution in [0.3, 0.4) is 0 Å². The minimum atomic E-state index is -0.781. The summed E-state index contributed by atoms with van der Waals surface area (Å²) in [6.07, 6.45) is 3.76. The van der Waals surface area contributed by atoms with Crippen LogP contribution in [0.2, 0.25) is 0 Å². The summed E-state index contributed by atoms with van der Waals surface area (Å²) in [5.41, 5.74) is -1.56. The summed E-state index contributed by atoms with van der Waals surface area (Å²) >= 11 is 0. The molecule has 0 heterocycles. The number of hydrogen-bond acceptors (Lipinski definition) is 8. The molecule has 0 spiro atoms. The molecule has 0 aromatic carbocycles. The lowest BCUT2D eigenvalue weighted by Crippen LogP contribution is -2.30. The molecule has 0 aliphatic carbocycles. The fourth-order valence-corrected chi connectivity index (χ4v) is 3.10. The molecule has 30 heavy (non-hydrogen) atoms. The highest BCUT2D eigenvalue weighted by atomic mass is 16.5. The maximum atomic E-state index is 12.0. The summed E-state index contributed by atoms with van der Waals surface area (Å²) in [4.78, 5) is 47.5. The monoisotopic (exact) mass is 428 g/mol. The second-order valence-corrected chi connectivity index (χ2v) is 8.69.